The van der Waals surface area contributed by atoms with Crippen molar-refractivity contribution in [3.8, 4) is 0 Å². The third kappa shape index (κ3) is 2.59. The zero-order valence-corrected chi connectivity index (χ0v) is 11.4. The zero-order chi connectivity index (χ0) is 14.7. The molecule has 7 heteroatoms. The number of hydrogen-bond donors (Lipinski definition) is 1. The molecule has 0 aliphatic carbocycles. The van der Waals surface area contributed by atoms with Gasteiger partial charge in [-0.2, -0.15) is 0 Å². The number of rotatable bonds is 5. The van der Waals surface area contributed by atoms with E-state index in [1.165, 1.54) is 23.9 Å². The van der Waals surface area contributed by atoms with Crippen LogP contribution in [-0.4, -0.2) is 35.2 Å². The molecule has 1 aliphatic rings. The van der Waals surface area contributed by atoms with Crippen LogP contribution in [0.1, 0.15) is 26.0 Å². The number of H-pyrrole nitrogens is 1. The van der Waals surface area contributed by atoms with Crippen LogP contribution in [0.15, 0.2) is 21.9 Å². The Kier molecular flexibility index (Phi) is 4.51. The number of nitrogens with zero attached hydrogens (tertiary/aromatic N) is 1. The minimum absolute atomic E-state index is 0.105. The molecular weight excluding hydrogens is 264 g/mol. The maximum Gasteiger partial charge on any atom is 0.330 e. The van der Waals surface area contributed by atoms with Crippen LogP contribution in [0, 0.1) is 5.92 Å². The van der Waals surface area contributed by atoms with Gasteiger partial charge in [0.2, 0.25) is 0 Å². The van der Waals surface area contributed by atoms with Crippen molar-refractivity contribution in [1.82, 2.24) is 9.55 Å². The Morgan fingerprint density at radius 1 is 1.50 bits per heavy atom. The van der Waals surface area contributed by atoms with E-state index in [1.807, 2.05) is 6.92 Å². The van der Waals surface area contributed by atoms with Gasteiger partial charge < -0.3 is 14.3 Å². The Morgan fingerprint density at radius 2 is 2.25 bits per heavy atom. The van der Waals surface area contributed by atoms with Crippen LogP contribution in [0.25, 0.3) is 0 Å². The largest absolute Gasteiger partial charge is 0.376 e. The first-order chi connectivity index (χ1) is 9.62. The molecule has 0 saturated carbocycles. The first-order valence-electron chi connectivity index (χ1n) is 6.55. The fourth-order valence-electron chi connectivity index (χ4n) is 2.72. The fraction of sp³-hybridized carbons (Fsp3) is 0.615. The predicted molar refractivity (Wildman–Crippen MR) is 70.5 cm³/mol. The number of ether oxygens (including phenoxy) is 2. The van der Waals surface area contributed by atoms with E-state index in [0.29, 0.717) is 12.8 Å². The molecule has 0 aromatic carbocycles. The SMILES string of the molecule is CC[C@H]1O[C@@H](n2ccc(=O)[nH]c2=O)C(OC)[C@H]1CC=O. The van der Waals surface area contributed by atoms with E-state index >= 15 is 0 Å². The van der Waals surface area contributed by atoms with Crippen LogP contribution in [0.4, 0.5) is 0 Å². The van der Waals surface area contributed by atoms with E-state index in [4.69, 9.17) is 9.47 Å². The predicted octanol–water partition coefficient (Wildman–Crippen LogP) is 0.0642. The molecule has 1 aliphatic heterocycles. The first kappa shape index (κ1) is 14.7. The van der Waals surface area contributed by atoms with Crippen LogP contribution in [-0.2, 0) is 14.3 Å². The van der Waals surface area contributed by atoms with E-state index in [1.54, 1.807) is 0 Å². The highest BCUT2D eigenvalue weighted by molar-refractivity contribution is 5.50. The van der Waals surface area contributed by atoms with E-state index in [9.17, 15) is 14.4 Å². The number of carbonyl (C=O) groups excluding carboxylic acids is 1. The van der Waals surface area contributed by atoms with Gasteiger partial charge >= 0.3 is 5.69 Å². The summed E-state index contributed by atoms with van der Waals surface area (Å²) >= 11 is 0. The van der Waals surface area contributed by atoms with E-state index in [2.05, 4.69) is 4.98 Å². The highest BCUT2D eigenvalue weighted by atomic mass is 16.6. The van der Waals surface area contributed by atoms with E-state index < -0.39 is 23.6 Å². The third-order valence-electron chi connectivity index (χ3n) is 3.66. The lowest BCUT2D eigenvalue weighted by Gasteiger charge is -2.21. The number of methoxy groups -OCH3 is 1. The molecule has 2 rings (SSSR count). The standard InChI is InChI=1S/C13H18N2O5/c1-3-9-8(5-7-16)11(19-2)12(20-9)15-6-4-10(17)14-13(15)18/h4,6-9,11-12H,3,5H2,1-2H3,(H,14,17,18)/t8-,9+,11?,12+/m0/s1. The average molecular weight is 282 g/mol. The molecule has 0 radical (unpaired) electrons. The van der Waals surface area contributed by atoms with Crippen molar-refractivity contribution < 1.29 is 14.3 Å². The van der Waals surface area contributed by atoms with Crippen LogP contribution in [0.2, 0.25) is 0 Å². The Bertz CT molecular complexity index is 579. The summed E-state index contributed by atoms with van der Waals surface area (Å²) in [6, 6.07) is 1.26. The summed E-state index contributed by atoms with van der Waals surface area (Å²) in [5.74, 6) is -0.105. The van der Waals surface area contributed by atoms with Crippen LogP contribution in [0.5, 0.6) is 0 Å². The normalized spacial score (nSPS) is 29.5. The lowest BCUT2D eigenvalue weighted by atomic mass is 9.93. The highest BCUT2D eigenvalue weighted by Crippen LogP contribution is 2.37. The molecule has 1 unspecified atom stereocenters. The molecule has 7 nitrogen and oxygen atoms in total. The number of aromatic nitrogens is 2. The Hall–Kier alpha value is -1.73. The first-order valence-corrected chi connectivity index (χ1v) is 6.55. The van der Waals surface area contributed by atoms with Gasteiger partial charge in [0, 0.05) is 31.7 Å². The summed E-state index contributed by atoms with van der Waals surface area (Å²) in [6.45, 7) is 1.95. The molecule has 2 heterocycles. The fourth-order valence-corrected chi connectivity index (χ4v) is 2.72. The average Bonchev–Trinajstić information content (AvgIpc) is 2.77. The maximum absolute atomic E-state index is 11.9. The molecule has 4 atom stereocenters. The lowest BCUT2D eigenvalue weighted by Crippen LogP contribution is -2.37. The van der Waals surface area contributed by atoms with E-state index in [-0.39, 0.29) is 12.0 Å². The van der Waals surface area contributed by atoms with Gasteiger partial charge in [0.1, 0.15) is 12.4 Å². The molecule has 1 aromatic heterocycles. The molecule has 1 N–H and O–H groups in total. The van der Waals surface area contributed by atoms with Crippen molar-refractivity contribution in [2.45, 2.75) is 38.2 Å². The van der Waals surface area contributed by atoms with Crippen molar-refractivity contribution >= 4 is 6.29 Å². The molecule has 1 fully saturated rings. The van der Waals surface area contributed by atoms with Crippen LogP contribution in [0.3, 0.4) is 0 Å². The summed E-state index contributed by atoms with van der Waals surface area (Å²) in [5.41, 5.74) is -1.01. The minimum Gasteiger partial charge on any atom is -0.376 e. The summed E-state index contributed by atoms with van der Waals surface area (Å²) < 4.78 is 12.6. The molecule has 0 bridgehead atoms. The maximum atomic E-state index is 11.9. The smallest absolute Gasteiger partial charge is 0.330 e. The van der Waals surface area contributed by atoms with Gasteiger partial charge in [-0.15, -0.1) is 0 Å². The van der Waals surface area contributed by atoms with Crippen molar-refractivity contribution in [1.29, 1.82) is 0 Å². The van der Waals surface area contributed by atoms with Crippen molar-refractivity contribution in [2.75, 3.05) is 7.11 Å². The topological polar surface area (TPSA) is 90.4 Å². The van der Waals surface area contributed by atoms with Crippen LogP contribution < -0.4 is 11.2 Å². The number of nitrogens with one attached hydrogen (secondary N) is 1. The Labute approximate surface area is 115 Å². The molecule has 1 aromatic rings. The van der Waals surface area contributed by atoms with Crippen LogP contribution >= 0.6 is 0 Å². The second-order valence-corrected chi connectivity index (χ2v) is 4.76. The number of aldehydes is 1. The van der Waals surface area contributed by atoms with Gasteiger partial charge in [0.15, 0.2) is 6.23 Å². The monoisotopic (exact) mass is 282 g/mol. The number of aromatic amines is 1. The molecular formula is C13H18N2O5. The van der Waals surface area contributed by atoms with Crippen molar-refractivity contribution in [2.24, 2.45) is 5.92 Å². The second kappa shape index (κ2) is 6.15. The summed E-state index contributed by atoms with van der Waals surface area (Å²) in [6.07, 6.45) is 2.04. The molecule has 110 valence electrons. The van der Waals surface area contributed by atoms with Gasteiger partial charge in [-0.3, -0.25) is 14.3 Å². The minimum atomic E-state index is -0.640. The number of carbonyl (C=O) groups is 1. The lowest BCUT2D eigenvalue weighted by molar-refractivity contribution is -0.109. The summed E-state index contributed by atoms with van der Waals surface area (Å²) in [7, 11) is 1.52. The van der Waals surface area contributed by atoms with Crippen molar-refractivity contribution in [3.05, 3.63) is 33.1 Å². The Morgan fingerprint density at radius 3 is 2.80 bits per heavy atom. The van der Waals surface area contributed by atoms with Crippen molar-refractivity contribution in [3.63, 3.8) is 0 Å². The van der Waals surface area contributed by atoms with Gasteiger partial charge in [-0.25, -0.2) is 4.79 Å². The van der Waals surface area contributed by atoms with Gasteiger partial charge in [-0.05, 0) is 6.42 Å². The third-order valence-corrected chi connectivity index (χ3v) is 3.66. The molecule has 20 heavy (non-hydrogen) atoms. The quantitative estimate of drug-likeness (QED) is 0.771. The van der Waals surface area contributed by atoms with Gasteiger partial charge in [0.25, 0.3) is 5.56 Å². The van der Waals surface area contributed by atoms with Gasteiger partial charge in [0.05, 0.1) is 6.10 Å². The van der Waals surface area contributed by atoms with E-state index in [0.717, 1.165) is 6.29 Å². The van der Waals surface area contributed by atoms with Gasteiger partial charge in [-0.1, -0.05) is 6.92 Å². The summed E-state index contributed by atoms with van der Waals surface area (Å²) in [4.78, 5) is 36.0. The second-order valence-electron chi connectivity index (χ2n) is 4.76. The summed E-state index contributed by atoms with van der Waals surface area (Å²) in [5, 5.41) is 0. The Balaban J connectivity index is 2.38. The zero-order valence-electron chi connectivity index (χ0n) is 11.4. The molecule has 1 saturated heterocycles. The molecule has 0 amide bonds. The molecule has 0 spiro atoms. The number of hydrogen-bond acceptors (Lipinski definition) is 5. The highest BCUT2D eigenvalue weighted by Gasteiger charge is 2.44.